The summed E-state index contributed by atoms with van der Waals surface area (Å²) in [6, 6.07) is 16.1. The molecule has 160 valence electrons. The maximum Gasteiger partial charge on any atom is 0.337 e. The highest BCUT2D eigenvalue weighted by atomic mass is 79.9. The van der Waals surface area contributed by atoms with Gasteiger partial charge < -0.3 is 9.47 Å². The average Bonchev–Trinajstić information content (AvgIpc) is 3.35. The topological polar surface area (TPSA) is 71.2 Å². The predicted octanol–water partition coefficient (Wildman–Crippen LogP) is 4.66. The molecule has 0 N–H and O–H groups in total. The number of hydrogen-bond acceptors (Lipinski definition) is 5. The standard InChI is InChI=1S/C23H23BrN4O3/c1-23(2,22(29)30-4)31-14-17-12-21(28(26-17)19-8-6-5-7-18(19)24)15-9-10-16-13-25-27(3)20(16)11-15/h5-13H,14H2,1-4H3. The summed E-state index contributed by atoms with van der Waals surface area (Å²) >= 11 is 3.63. The van der Waals surface area contributed by atoms with Crippen LogP contribution in [-0.2, 0) is 27.9 Å². The molecule has 2 heterocycles. The van der Waals surface area contributed by atoms with Crippen molar-refractivity contribution in [1.82, 2.24) is 19.6 Å². The third kappa shape index (κ3) is 4.13. The molecule has 7 nitrogen and oxygen atoms in total. The van der Waals surface area contributed by atoms with Gasteiger partial charge in [-0.05, 0) is 54.0 Å². The number of hydrogen-bond donors (Lipinski definition) is 0. The van der Waals surface area contributed by atoms with Crippen molar-refractivity contribution in [2.24, 2.45) is 7.05 Å². The van der Waals surface area contributed by atoms with E-state index in [0.29, 0.717) is 5.69 Å². The Morgan fingerprint density at radius 3 is 2.68 bits per heavy atom. The minimum absolute atomic E-state index is 0.167. The number of aryl methyl sites for hydroxylation is 1. The monoisotopic (exact) mass is 482 g/mol. The highest BCUT2D eigenvalue weighted by Gasteiger charge is 2.30. The number of esters is 1. The Morgan fingerprint density at radius 1 is 1.16 bits per heavy atom. The van der Waals surface area contributed by atoms with E-state index >= 15 is 0 Å². The van der Waals surface area contributed by atoms with Crippen LogP contribution in [0, 0.1) is 0 Å². The van der Waals surface area contributed by atoms with Crippen LogP contribution in [0.2, 0.25) is 0 Å². The van der Waals surface area contributed by atoms with Crippen LogP contribution in [0.15, 0.2) is 59.2 Å². The smallest absolute Gasteiger partial charge is 0.337 e. The fourth-order valence-electron chi connectivity index (χ4n) is 3.38. The number of carbonyl (C=O) groups is 1. The van der Waals surface area contributed by atoms with Gasteiger partial charge >= 0.3 is 5.97 Å². The molecule has 0 saturated carbocycles. The van der Waals surface area contributed by atoms with Crippen molar-refractivity contribution in [3.63, 3.8) is 0 Å². The first-order chi connectivity index (χ1) is 14.8. The van der Waals surface area contributed by atoms with Crippen LogP contribution in [0.25, 0.3) is 27.8 Å². The van der Waals surface area contributed by atoms with Crippen LogP contribution in [0.5, 0.6) is 0 Å². The lowest BCUT2D eigenvalue weighted by Crippen LogP contribution is -2.35. The minimum Gasteiger partial charge on any atom is -0.467 e. The Morgan fingerprint density at radius 2 is 1.94 bits per heavy atom. The van der Waals surface area contributed by atoms with E-state index in [9.17, 15) is 4.79 Å². The number of aromatic nitrogens is 4. The first-order valence-corrected chi connectivity index (χ1v) is 10.6. The van der Waals surface area contributed by atoms with Crippen molar-refractivity contribution in [3.05, 3.63) is 64.9 Å². The molecule has 4 aromatic rings. The van der Waals surface area contributed by atoms with E-state index in [0.717, 1.165) is 32.3 Å². The molecule has 0 bridgehead atoms. The number of halogens is 1. The zero-order valence-electron chi connectivity index (χ0n) is 17.8. The largest absolute Gasteiger partial charge is 0.467 e. The van der Waals surface area contributed by atoms with Crippen LogP contribution in [0.1, 0.15) is 19.5 Å². The predicted molar refractivity (Wildman–Crippen MR) is 122 cm³/mol. The molecule has 4 rings (SSSR count). The molecule has 0 unspecified atom stereocenters. The molecule has 0 atom stereocenters. The van der Waals surface area contributed by atoms with Crippen molar-refractivity contribution in [2.75, 3.05) is 7.11 Å². The highest BCUT2D eigenvalue weighted by Crippen LogP contribution is 2.30. The van der Waals surface area contributed by atoms with Crippen LogP contribution >= 0.6 is 15.9 Å². The van der Waals surface area contributed by atoms with Gasteiger partial charge in [-0.3, -0.25) is 4.68 Å². The van der Waals surface area contributed by atoms with E-state index in [1.807, 2.05) is 59.0 Å². The summed E-state index contributed by atoms with van der Waals surface area (Å²) in [7, 11) is 3.27. The number of nitrogens with zero attached hydrogens (tertiary/aromatic N) is 4. The highest BCUT2D eigenvalue weighted by molar-refractivity contribution is 9.10. The summed E-state index contributed by atoms with van der Waals surface area (Å²) in [5.41, 5.74) is 3.47. The van der Waals surface area contributed by atoms with Crippen LogP contribution in [0.4, 0.5) is 0 Å². The Bertz CT molecular complexity index is 1260. The zero-order valence-corrected chi connectivity index (χ0v) is 19.4. The Labute approximate surface area is 188 Å². The second kappa shape index (κ2) is 8.28. The molecular formula is C23H23BrN4O3. The molecule has 0 saturated heterocycles. The van der Waals surface area contributed by atoms with Crippen molar-refractivity contribution in [2.45, 2.75) is 26.1 Å². The normalized spacial score (nSPS) is 11.8. The lowest BCUT2D eigenvalue weighted by atomic mass is 10.1. The van der Waals surface area contributed by atoms with Crippen LogP contribution < -0.4 is 0 Å². The van der Waals surface area contributed by atoms with Gasteiger partial charge in [0.1, 0.15) is 0 Å². The van der Waals surface area contributed by atoms with E-state index in [-0.39, 0.29) is 6.61 Å². The Balaban J connectivity index is 1.78. The third-order valence-electron chi connectivity index (χ3n) is 5.14. The van der Waals surface area contributed by atoms with Crippen molar-refractivity contribution in [3.8, 4) is 16.9 Å². The number of methoxy groups -OCH3 is 1. The number of para-hydroxylation sites is 1. The minimum atomic E-state index is -1.07. The van der Waals surface area contributed by atoms with Gasteiger partial charge in [0.05, 0.1) is 42.5 Å². The summed E-state index contributed by atoms with van der Waals surface area (Å²) < 4.78 is 15.3. The molecule has 0 radical (unpaired) electrons. The molecule has 0 fully saturated rings. The zero-order chi connectivity index (χ0) is 22.2. The molecule has 2 aromatic heterocycles. The number of benzene rings is 2. The van der Waals surface area contributed by atoms with Gasteiger partial charge in [-0.1, -0.05) is 24.3 Å². The summed E-state index contributed by atoms with van der Waals surface area (Å²) in [5.74, 6) is -0.431. The first-order valence-electron chi connectivity index (χ1n) is 9.78. The van der Waals surface area contributed by atoms with Crippen molar-refractivity contribution < 1.29 is 14.3 Å². The molecule has 0 aliphatic heterocycles. The van der Waals surface area contributed by atoms with Crippen LogP contribution in [0.3, 0.4) is 0 Å². The molecule has 0 spiro atoms. The molecule has 8 heteroatoms. The van der Waals surface area contributed by atoms with E-state index in [2.05, 4.69) is 33.2 Å². The third-order valence-corrected chi connectivity index (χ3v) is 5.81. The van der Waals surface area contributed by atoms with E-state index in [1.165, 1.54) is 7.11 Å². The summed E-state index contributed by atoms with van der Waals surface area (Å²) in [6.45, 7) is 3.53. The molecule has 31 heavy (non-hydrogen) atoms. The average molecular weight is 483 g/mol. The van der Waals surface area contributed by atoms with Gasteiger partial charge in [0, 0.05) is 22.5 Å². The van der Waals surface area contributed by atoms with Gasteiger partial charge in [-0.25, -0.2) is 9.48 Å². The van der Waals surface area contributed by atoms with Gasteiger partial charge in [0.2, 0.25) is 0 Å². The molecular weight excluding hydrogens is 460 g/mol. The molecule has 0 aliphatic rings. The number of ether oxygens (including phenoxy) is 2. The quantitative estimate of drug-likeness (QED) is 0.373. The van der Waals surface area contributed by atoms with Gasteiger partial charge in [-0.2, -0.15) is 10.2 Å². The summed E-state index contributed by atoms with van der Waals surface area (Å²) in [4.78, 5) is 12.0. The fourth-order valence-corrected chi connectivity index (χ4v) is 3.83. The lowest BCUT2D eigenvalue weighted by Gasteiger charge is -2.21. The van der Waals surface area contributed by atoms with E-state index in [1.54, 1.807) is 13.8 Å². The Kier molecular flexibility index (Phi) is 5.68. The van der Waals surface area contributed by atoms with Crippen molar-refractivity contribution >= 4 is 32.8 Å². The molecule has 2 aromatic carbocycles. The number of carbonyl (C=O) groups excluding carboxylic acids is 1. The second-order valence-corrected chi connectivity index (χ2v) is 8.57. The van der Waals surface area contributed by atoms with Crippen molar-refractivity contribution in [1.29, 1.82) is 0 Å². The van der Waals surface area contributed by atoms with Gasteiger partial charge in [0.25, 0.3) is 0 Å². The fraction of sp³-hybridized carbons (Fsp3) is 0.261. The molecule has 0 amide bonds. The molecule has 0 aliphatic carbocycles. The number of rotatable bonds is 6. The second-order valence-electron chi connectivity index (χ2n) is 7.72. The van der Waals surface area contributed by atoms with Gasteiger partial charge in [0.15, 0.2) is 5.60 Å². The number of fused-ring (bicyclic) bond motifs is 1. The first kappa shape index (κ1) is 21.3. The van der Waals surface area contributed by atoms with E-state index in [4.69, 9.17) is 14.6 Å². The Hall–Kier alpha value is -2.97. The van der Waals surface area contributed by atoms with E-state index < -0.39 is 11.6 Å². The maximum atomic E-state index is 12.0. The van der Waals surface area contributed by atoms with Crippen LogP contribution in [-0.4, -0.2) is 38.2 Å². The van der Waals surface area contributed by atoms with Gasteiger partial charge in [-0.15, -0.1) is 0 Å². The maximum absolute atomic E-state index is 12.0. The summed E-state index contributed by atoms with van der Waals surface area (Å²) in [6.07, 6.45) is 1.85. The lowest BCUT2D eigenvalue weighted by molar-refractivity contribution is -0.166. The SMILES string of the molecule is COC(=O)C(C)(C)OCc1cc(-c2ccc3cnn(C)c3c2)n(-c2ccccc2Br)n1. The summed E-state index contributed by atoms with van der Waals surface area (Å²) in [5, 5.41) is 10.2.